The monoisotopic (exact) mass is 592 g/mol. The van der Waals surface area contributed by atoms with E-state index in [2.05, 4.69) is 0 Å². The Balaban J connectivity index is 1.22. The highest BCUT2D eigenvalue weighted by atomic mass is 16.7. The fourth-order valence-corrected chi connectivity index (χ4v) is 5.33. The Morgan fingerprint density at radius 3 is 0.786 bits per heavy atom. The van der Waals surface area contributed by atoms with E-state index in [4.69, 9.17) is 9.68 Å². The molecule has 4 amide bonds. The van der Waals surface area contributed by atoms with E-state index in [-0.39, 0.29) is 38.5 Å². The molecule has 42 heavy (non-hydrogen) atoms. The third-order valence-corrected chi connectivity index (χ3v) is 7.91. The van der Waals surface area contributed by atoms with Crippen LogP contribution in [-0.4, -0.2) is 45.7 Å². The van der Waals surface area contributed by atoms with Crippen molar-refractivity contribution in [2.75, 3.05) is 0 Å². The van der Waals surface area contributed by atoms with Gasteiger partial charge >= 0.3 is 11.9 Å². The first kappa shape index (κ1) is 35.4. The number of hydrogen-bond donors (Lipinski definition) is 0. The van der Waals surface area contributed by atoms with Crippen LogP contribution in [0.3, 0.4) is 0 Å². The van der Waals surface area contributed by atoms with Crippen LogP contribution in [0.25, 0.3) is 0 Å². The highest BCUT2D eigenvalue weighted by molar-refractivity contribution is 6.02. The molecule has 0 saturated carbocycles. The fraction of sp³-hybridized carbons (Fsp3) is 0.812. The van der Waals surface area contributed by atoms with E-state index in [1.165, 1.54) is 89.9 Å². The molecule has 0 bridgehead atoms. The van der Waals surface area contributed by atoms with Gasteiger partial charge in [0.25, 0.3) is 23.6 Å². The first-order valence-electron chi connectivity index (χ1n) is 16.5. The standard InChI is InChI=1S/C32H52N2O8/c35-27-23-24-28(36)33(27)41-31(39)21-19-17-15-13-11-9-7-5-3-1-2-4-6-8-10-12-14-16-18-20-22-32(40)42-34-29(37)25-26-30(34)38/h1-26H2. The fourth-order valence-electron chi connectivity index (χ4n) is 5.33. The van der Waals surface area contributed by atoms with Crippen LogP contribution in [0.1, 0.15) is 167 Å². The first-order valence-corrected chi connectivity index (χ1v) is 16.5. The zero-order valence-corrected chi connectivity index (χ0v) is 25.5. The maximum absolute atomic E-state index is 11.8. The zero-order chi connectivity index (χ0) is 30.4. The highest BCUT2D eigenvalue weighted by Crippen LogP contribution is 2.17. The molecule has 0 unspecified atom stereocenters. The quantitative estimate of drug-likeness (QED) is 0.0838. The largest absolute Gasteiger partial charge is 0.333 e. The molecule has 10 heteroatoms. The lowest BCUT2D eigenvalue weighted by Crippen LogP contribution is -2.31. The van der Waals surface area contributed by atoms with Crippen LogP contribution in [0.15, 0.2) is 0 Å². The van der Waals surface area contributed by atoms with Gasteiger partial charge in [0.1, 0.15) is 0 Å². The van der Waals surface area contributed by atoms with Gasteiger partial charge in [0.15, 0.2) is 0 Å². The van der Waals surface area contributed by atoms with Crippen molar-refractivity contribution < 1.29 is 38.4 Å². The number of carbonyl (C=O) groups excluding carboxylic acids is 6. The van der Waals surface area contributed by atoms with Crippen LogP contribution in [0, 0.1) is 0 Å². The molecule has 0 N–H and O–H groups in total. The van der Waals surface area contributed by atoms with Crippen molar-refractivity contribution in [1.29, 1.82) is 0 Å². The normalized spacial score (nSPS) is 15.2. The summed E-state index contributed by atoms with van der Waals surface area (Å²) >= 11 is 0. The Kier molecular flexibility index (Phi) is 18.4. The van der Waals surface area contributed by atoms with Gasteiger partial charge in [0.2, 0.25) is 0 Å². The summed E-state index contributed by atoms with van der Waals surface area (Å²) in [5.74, 6) is -2.72. The molecular formula is C32H52N2O8. The summed E-state index contributed by atoms with van der Waals surface area (Å²) in [6.45, 7) is 0. The first-order chi connectivity index (χ1) is 20.4. The molecule has 0 aliphatic carbocycles. The molecule has 2 aliphatic heterocycles. The summed E-state index contributed by atoms with van der Waals surface area (Å²) in [5.41, 5.74) is 0. The van der Waals surface area contributed by atoms with Crippen LogP contribution in [0.2, 0.25) is 0 Å². The highest BCUT2D eigenvalue weighted by Gasteiger charge is 2.33. The summed E-state index contributed by atoms with van der Waals surface area (Å²) in [7, 11) is 0. The molecule has 2 saturated heterocycles. The molecule has 2 aliphatic rings. The zero-order valence-electron chi connectivity index (χ0n) is 25.5. The van der Waals surface area contributed by atoms with Crippen molar-refractivity contribution in [2.45, 2.75) is 167 Å². The second-order valence-corrected chi connectivity index (χ2v) is 11.7. The van der Waals surface area contributed by atoms with Crippen molar-refractivity contribution in [3.63, 3.8) is 0 Å². The number of rotatable bonds is 25. The Labute approximate surface area is 251 Å². The molecule has 0 aromatic carbocycles. The van der Waals surface area contributed by atoms with Crippen LogP contribution in [-0.2, 0) is 38.4 Å². The topological polar surface area (TPSA) is 127 Å². The van der Waals surface area contributed by atoms with Gasteiger partial charge in [-0.2, -0.15) is 0 Å². The summed E-state index contributed by atoms with van der Waals surface area (Å²) in [6, 6.07) is 0. The lowest BCUT2D eigenvalue weighted by Gasteiger charge is -2.12. The van der Waals surface area contributed by atoms with Gasteiger partial charge < -0.3 is 9.68 Å². The molecule has 0 aromatic rings. The second-order valence-electron chi connectivity index (χ2n) is 11.7. The van der Waals surface area contributed by atoms with Crippen LogP contribution >= 0.6 is 0 Å². The minimum absolute atomic E-state index is 0.124. The van der Waals surface area contributed by atoms with E-state index < -0.39 is 35.6 Å². The number of amides is 4. The van der Waals surface area contributed by atoms with Gasteiger partial charge in [0.05, 0.1) is 0 Å². The van der Waals surface area contributed by atoms with Gasteiger partial charge in [0, 0.05) is 38.5 Å². The number of carbonyl (C=O) groups is 6. The molecule has 2 fully saturated rings. The van der Waals surface area contributed by atoms with E-state index in [1.54, 1.807) is 0 Å². The average Bonchev–Trinajstić information content (AvgIpc) is 3.46. The van der Waals surface area contributed by atoms with E-state index in [1.807, 2.05) is 0 Å². The molecule has 0 atom stereocenters. The maximum Gasteiger partial charge on any atom is 0.333 e. The van der Waals surface area contributed by atoms with Gasteiger partial charge in [-0.1, -0.05) is 116 Å². The smallest absolute Gasteiger partial charge is 0.330 e. The summed E-state index contributed by atoms with van der Waals surface area (Å²) in [5, 5.41) is 1.24. The average molecular weight is 593 g/mol. The summed E-state index contributed by atoms with van der Waals surface area (Å²) in [6.07, 6.45) is 24.4. The summed E-state index contributed by atoms with van der Waals surface area (Å²) in [4.78, 5) is 79.1. The van der Waals surface area contributed by atoms with Gasteiger partial charge in [-0.25, -0.2) is 9.59 Å². The van der Waals surface area contributed by atoms with Crippen molar-refractivity contribution in [3.05, 3.63) is 0 Å². The van der Waals surface area contributed by atoms with Crippen LogP contribution in [0.4, 0.5) is 0 Å². The molecule has 0 aromatic heterocycles. The van der Waals surface area contributed by atoms with E-state index in [0.29, 0.717) is 10.1 Å². The third kappa shape index (κ3) is 15.4. The van der Waals surface area contributed by atoms with Crippen LogP contribution in [0.5, 0.6) is 0 Å². The van der Waals surface area contributed by atoms with Gasteiger partial charge in [-0.05, 0) is 12.8 Å². The molecule has 238 valence electrons. The number of hydroxylamine groups is 4. The molecule has 10 nitrogen and oxygen atoms in total. The Morgan fingerprint density at radius 2 is 0.571 bits per heavy atom. The van der Waals surface area contributed by atoms with Crippen molar-refractivity contribution in [3.8, 4) is 0 Å². The van der Waals surface area contributed by atoms with Gasteiger partial charge in [-0.3, -0.25) is 19.2 Å². The number of nitrogens with zero attached hydrogens (tertiary/aromatic N) is 2. The van der Waals surface area contributed by atoms with E-state index in [0.717, 1.165) is 38.5 Å². The third-order valence-electron chi connectivity index (χ3n) is 7.91. The SMILES string of the molecule is O=C(CCCCCCCCCCCCCCCCCCCCCCC(=O)ON1C(=O)CCC1=O)ON1C(=O)CCC1=O. The molecular weight excluding hydrogens is 540 g/mol. The number of hydrogen-bond acceptors (Lipinski definition) is 8. The Hall–Kier alpha value is -2.78. The predicted octanol–water partition coefficient (Wildman–Crippen LogP) is 6.78. The van der Waals surface area contributed by atoms with Crippen molar-refractivity contribution in [2.24, 2.45) is 0 Å². The second kappa shape index (κ2) is 21.9. The number of unbranched alkanes of at least 4 members (excludes halogenated alkanes) is 19. The minimum atomic E-state index is -0.500. The Morgan fingerprint density at radius 1 is 0.381 bits per heavy atom. The molecule has 0 radical (unpaired) electrons. The lowest BCUT2D eigenvalue weighted by molar-refractivity contribution is -0.197. The molecule has 2 heterocycles. The predicted molar refractivity (Wildman–Crippen MR) is 156 cm³/mol. The van der Waals surface area contributed by atoms with Crippen LogP contribution < -0.4 is 0 Å². The lowest BCUT2D eigenvalue weighted by atomic mass is 10.0. The minimum Gasteiger partial charge on any atom is -0.330 e. The number of imide groups is 2. The van der Waals surface area contributed by atoms with E-state index >= 15 is 0 Å². The van der Waals surface area contributed by atoms with Gasteiger partial charge in [-0.15, -0.1) is 10.1 Å². The molecule has 2 rings (SSSR count). The Bertz CT molecular complexity index is 773. The summed E-state index contributed by atoms with van der Waals surface area (Å²) < 4.78 is 0. The maximum atomic E-state index is 11.8. The van der Waals surface area contributed by atoms with Crippen molar-refractivity contribution >= 4 is 35.6 Å². The van der Waals surface area contributed by atoms with Crippen molar-refractivity contribution in [1.82, 2.24) is 10.1 Å². The van der Waals surface area contributed by atoms with E-state index in [9.17, 15) is 28.8 Å². The molecule has 0 spiro atoms.